The fourth-order valence-electron chi connectivity index (χ4n) is 2.54. The van der Waals surface area contributed by atoms with Gasteiger partial charge in [0.25, 0.3) is 5.91 Å². The summed E-state index contributed by atoms with van der Waals surface area (Å²) in [5, 5.41) is 7.46. The van der Waals surface area contributed by atoms with E-state index < -0.39 is 5.91 Å². The van der Waals surface area contributed by atoms with Crippen LogP contribution in [0.5, 0.6) is 0 Å². The van der Waals surface area contributed by atoms with E-state index in [2.05, 4.69) is 15.2 Å². The summed E-state index contributed by atoms with van der Waals surface area (Å²) in [6, 6.07) is 11.6. The van der Waals surface area contributed by atoms with Crippen molar-refractivity contribution in [3.63, 3.8) is 0 Å². The van der Waals surface area contributed by atoms with Crippen molar-refractivity contribution in [2.45, 2.75) is 13.8 Å². The first kappa shape index (κ1) is 14.0. The maximum atomic E-state index is 11.4. The molecular weight excluding hydrogens is 276 g/mol. The number of rotatable bonds is 3. The number of aromatic amines is 1. The second-order valence-electron chi connectivity index (χ2n) is 5.18. The van der Waals surface area contributed by atoms with Crippen molar-refractivity contribution in [2.24, 2.45) is 5.73 Å². The lowest BCUT2D eigenvalue weighted by Crippen LogP contribution is -2.12. The second kappa shape index (κ2) is 5.44. The molecule has 3 rings (SSSR count). The largest absolute Gasteiger partial charge is 0.364 e. The minimum absolute atomic E-state index is 0.244. The number of nitrogens with zero attached hydrogens (tertiary/aromatic N) is 2. The first-order valence-electron chi connectivity index (χ1n) is 6.95. The van der Waals surface area contributed by atoms with Gasteiger partial charge in [0.2, 0.25) is 0 Å². The summed E-state index contributed by atoms with van der Waals surface area (Å²) >= 11 is 0. The molecule has 2 aromatic heterocycles. The minimum Gasteiger partial charge on any atom is -0.364 e. The van der Waals surface area contributed by atoms with Gasteiger partial charge in [-0.25, -0.2) is 0 Å². The van der Waals surface area contributed by atoms with Gasteiger partial charge >= 0.3 is 0 Å². The number of hydrogen-bond acceptors (Lipinski definition) is 3. The fraction of sp³-hybridized carbons (Fsp3) is 0.118. The van der Waals surface area contributed by atoms with Gasteiger partial charge in [-0.05, 0) is 37.1 Å². The summed E-state index contributed by atoms with van der Waals surface area (Å²) in [7, 11) is 0. The molecule has 110 valence electrons. The first-order valence-corrected chi connectivity index (χ1v) is 6.95. The summed E-state index contributed by atoms with van der Waals surface area (Å²) in [4.78, 5) is 15.3. The predicted octanol–water partition coefficient (Wildman–Crippen LogP) is 2.85. The van der Waals surface area contributed by atoms with Gasteiger partial charge in [-0.15, -0.1) is 0 Å². The smallest absolute Gasteiger partial charge is 0.267 e. The van der Waals surface area contributed by atoms with Crippen LogP contribution in [-0.4, -0.2) is 21.1 Å². The summed E-state index contributed by atoms with van der Waals surface area (Å²) in [5.74, 6) is -0.541. The van der Waals surface area contributed by atoms with Gasteiger partial charge in [-0.1, -0.05) is 24.3 Å². The molecule has 5 nitrogen and oxygen atoms in total. The van der Waals surface area contributed by atoms with Crippen LogP contribution < -0.4 is 5.73 Å². The Morgan fingerprint density at radius 2 is 1.95 bits per heavy atom. The van der Waals surface area contributed by atoms with E-state index >= 15 is 0 Å². The van der Waals surface area contributed by atoms with Gasteiger partial charge < -0.3 is 5.73 Å². The SMILES string of the molecule is Cc1ccccc1-c1n[nH]c(C)c1-c1ccnc(C(N)=O)c1. The molecule has 0 saturated carbocycles. The molecule has 1 aromatic carbocycles. The number of H-pyrrole nitrogens is 1. The van der Waals surface area contributed by atoms with Crippen molar-refractivity contribution >= 4 is 5.91 Å². The normalized spacial score (nSPS) is 10.6. The molecule has 0 aliphatic rings. The molecule has 0 atom stereocenters. The zero-order valence-corrected chi connectivity index (χ0v) is 12.4. The highest BCUT2D eigenvalue weighted by Gasteiger charge is 2.16. The zero-order chi connectivity index (χ0) is 15.7. The third-order valence-electron chi connectivity index (χ3n) is 3.65. The molecule has 22 heavy (non-hydrogen) atoms. The molecule has 0 unspecified atom stereocenters. The Hall–Kier alpha value is -2.95. The molecule has 3 aromatic rings. The van der Waals surface area contributed by atoms with E-state index in [1.165, 1.54) is 0 Å². The molecule has 0 bridgehead atoms. The van der Waals surface area contributed by atoms with E-state index in [1.807, 2.05) is 44.2 Å². The van der Waals surface area contributed by atoms with Crippen LogP contribution in [0, 0.1) is 13.8 Å². The average molecular weight is 292 g/mol. The van der Waals surface area contributed by atoms with Gasteiger partial charge in [0.15, 0.2) is 0 Å². The van der Waals surface area contributed by atoms with Gasteiger partial charge in [0.05, 0.1) is 0 Å². The van der Waals surface area contributed by atoms with Crippen LogP contribution >= 0.6 is 0 Å². The van der Waals surface area contributed by atoms with Gasteiger partial charge in [0, 0.05) is 23.0 Å². The molecule has 0 saturated heterocycles. The van der Waals surface area contributed by atoms with Crippen LogP contribution in [0.1, 0.15) is 21.7 Å². The molecule has 0 spiro atoms. The number of aryl methyl sites for hydroxylation is 2. The molecule has 0 aliphatic heterocycles. The summed E-state index contributed by atoms with van der Waals surface area (Å²) in [6.07, 6.45) is 1.59. The number of aromatic nitrogens is 3. The Morgan fingerprint density at radius 1 is 1.18 bits per heavy atom. The quantitative estimate of drug-likeness (QED) is 0.778. The van der Waals surface area contributed by atoms with E-state index in [-0.39, 0.29) is 5.69 Å². The third kappa shape index (κ3) is 2.37. The van der Waals surface area contributed by atoms with Crippen LogP contribution in [0.2, 0.25) is 0 Å². The fourth-order valence-corrected chi connectivity index (χ4v) is 2.54. The Morgan fingerprint density at radius 3 is 2.68 bits per heavy atom. The Bertz CT molecular complexity index is 851. The van der Waals surface area contributed by atoms with Crippen molar-refractivity contribution in [1.29, 1.82) is 0 Å². The number of benzene rings is 1. The van der Waals surface area contributed by atoms with Gasteiger partial charge in [-0.2, -0.15) is 5.10 Å². The summed E-state index contributed by atoms with van der Waals surface area (Å²) in [6.45, 7) is 4.00. The van der Waals surface area contributed by atoms with Crippen molar-refractivity contribution < 1.29 is 4.79 Å². The maximum Gasteiger partial charge on any atom is 0.267 e. The number of carbonyl (C=O) groups is 1. The number of nitrogens with one attached hydrogen (secondary N) is 1. The Labute approximate surface area is 128 Å². The molecule has 0 aliphatic carbocycles. The van der Waals surface area contributed by atoms with Crippen LogP contribution in [0.15, 0.2) is 42.6 Å². The van der Waals surface area contributed by atoms with Crippen molar-refractivity contribution in [1.82, 2.24) is 15.2 Å². The predicted molar refractivity (Wildman–Crippen MR) is 85.2 cm³/mol. The molecule has 3 N–H and O–H groups in total. The van der Waals surface area contributed by atoms with Crippen molar-refractivity contribution in [3.8, 4) is 22.4 Å². The minimum atomic E-state index is -0.541. The number of nitrogens with two attached hydrogens (primary N) is 1. The van der Waals surface area contributed by atoms with Crippen LogP contribution in [0.25, 0.3) is 22.4 Å². The highest BCUT2D eigenvalue weighted by molar-refractivity contribution is 5.93. The Kier molecular flexibility index (Phi) is 3.47. The van der Waals surface area contributed by atoms with Gasteiger partial charge in [-0.3, -0.25) is 14.9 Å². The van der Waals surface area contributed by atoms with E-state index in [1.54, 1.807) is 12.3 Å². The molecule has 5 heteroatoms. The van der Waals surface area contributed by atoms with E-state index in [0.717, 1.165) is 33.6 Å². The lowest BCUT2D eigenvalue weighted by Gasteiger charge is -2.07. The highest BCUT2D eigenvalue weighted by Crippen LogP contribution is 2.34. The van der Waals surface area contributed by atoms with Crippen molar-refractivity contribution in [3.05, 3.63) is 59.5 Å². The number of hydrogen-bond donors (Lipinski definition) is 2. The van der Waals surface area contributed by atoms with Crippen LogP contribution in [-0.2, 0) is 0 Å². The highest BCUT2D eigenvalue weighted by atomic mass is 16.1. The average Bonchev–Trinajstić information content (AvgIpc) is 2.89. The lowest BCUT2D eigenvalue weighted by molar-refractivity contribution is 0.0995. The van der Waals surface area contributed by atoms with Gasteiger partial charge in [0.1, 0.15) is 11.4 Å². The third-order valence-corrected chi connectivity index (χ3v) is 3.65. The van der Waals surface area contributed by atoms with E-state index in [0.29, 0.717) is 0 Å². The standard InChI is InChI=1S/C17H16N4O/c1-10-5-3-4-6-13(10)16-15(11(2)20-21-16)12-7-8-19-14(9-12)17(18)22/h3-9H,1-2H3,(H2,18,22)(H,20,21). The maximum absolute atomic E-state index is 11.4. The molecule has 0 fully saturated rings. The van der Waals surface area contributed by atoms with Crippen molar-refractivity contribution in [2.75, 3.05) is 0 Å². The second-order valence-corrected chi connectivity index (χ2v) is 5.18. The van der Waals surface area contributed by atoms with Crippen LogP contribution in [0.3, 0.4) is 0 Å². The molecule has 0 radical (unpaired) electrons. The molecular formula is C17H16N4O. The topological polar surface area (TPSA) is 84.7 Å². The van der Waals surface area contributed by atoms with E-state index in [9.17, 15) is 4.79 Å². The lowest BCUT2D eigenvalue weighted by atomic mass is 9.97. The first-order chi connectivity index (χ1) is 10.6. The molecule has 2 heterocycles. The number of amides is 1. The summed E-state index contributed by atoms with van der Waals surface area (Å²) in [5.41, 5.74) is 11.4. The summed E-state index contributed by atoms with van der Waals surface area (Å²) < 4.78 is 0. The number of carbonyl (C=O) groups excluding carboxylic acids is 1. The number of pyridine rings is 1. The number of primary amides is 1. The van der Waals surface area contributed by atoms with E-state index in [4.69, 9.17) is 5.73 Å². The van der Waals surface area contributed by atoms with Crippen LogP contribution in [0.4, 0.5) is 0 Å². The monoisotopic (exact) mass is 292 g/mol. The zero-order valence-electron chi connectivity index (χ0n) is 12.4. The molecule has 1 amide bonds. The Balaban J connectivity index is 2.21.